The van der Waals surface area contributed by atoms with Gasteiger partial charge in [-0.05, 0) is 0 Å². The van der Waals surface area contributed by atoms with Crippen molar-refractivity contribution in [3.05, 3.63) is 0 Å². The van der Waals surface area contributed by atoms with Crippen LogP contribution in [0.25, 0.3) is 0 Å². The zero-order chi connectivity index (χ0) is 19.9. The van der Waals surface area contributed by atoms with E-state index in [0.29, 0.717) is 0 Å². The predicted molar refractivity (Wildman–Crippen MR) is 120 cm³/mol. The number of rotatable bonds is 18. The molecule has 0 spiro atoms. The molecule has 3 N–H and O–H groups in total. The van der Waals surface area contributed by atoms with Crippen molar-refractivity contribution in [3.63, 3.8) is 0 Å². The zero-order valence-electron chi connectivity index (χ0n) is 17.6. The Hall–Kier alpha value is 1.11. The first-order valence-corrected chi connectivity index (χ1v) is 12.8. The Balaban J connectivity index is -0.000000844. The summed E-state index contributed by atoms with van der Waals surface area (Å²) in [6.07, 6.45) is 27.9. The molecule has 0 saturated heterocycles. The van der Waals surface area contributed by atoms with Crippen LogP contribution < -0.4 is 0 Å². The molecule has 0 aliphatic rings. The second-order valence-electron chi connectivity index (χ2n) is 7.52. The molecule has 0 aromatic carbocycles. The van der Waals surface area contributed by atoms with Gasteiger partial charge in [-0.2, -0.15) is 0 Å². The van der Waals surface area contributed by atoms with E-state index in [-0.39, 0.29) is 29.6 Å². The minimum absolute atomic E-state index is 0. The summed E-state index contributed by atoms with van der Waals surface area (Å²) < 4.78 is 8.88. The van der Waals surface area contributed by atoms with Crippen LogP contribution in [0.1, 0.15) is 136 Å². The molecule has 0 aliphatic heterocycles. The Morgan fingerprint density at radius 3 is 0.667 bits per heavy atom. The van der Waals surface area contributed by atoms with Crippen molar-refractivity contribution in [1.29, 1.82) is 0 Å². The van der Waals surface area contributed by atoms with Crippen LogP contribution in [0.2, 0.25) is 0 Å². The standard InChI is InChI=1S/C21H44.Na.H3O4P.H/c1-3-5-7-9-11-13-15-17-19-21-20-18-16-14-12-10-8-6-4-2;;1-5(2,3)4;/h3-21H2,1-2H3;;(H3,1,2,3,4);. The molecule has 6 heteroatoms. The normalized spacial score (nSPS) is 10.9. The van der Waals surface area contributed by atoms with Crippen LogP contribution in [0.3, 0.4) is 0 Å². The van der Waals surface area contributed by atoms with Gasteiger partial charge in [0.25, 0.3) is 0 Å². The molecule has 0 unspecified atom stereocenters. The van der Waals surface area contributed by atoms with Crippen molar-refractivity contribution in [1.82, 2.24) is 0 Å². The van der Waals surface area contributed by atoms with E-state index in [4.69, 9.17) is 19.2 Å². The van der Waals surface area contributed by atoms with Gasteiger partial charge in [0, 0.05) is 0 Å². The summed E-state index contributed by atoms with van der Waals surface area (Å²) in [7, 11) is -4.64. The average Bonchev–Trinajstić information content (AvgIpc) is 2.56. The molecule has 162 valence electrons. The summed E-state index contributed by atoms with van der Waals surface area (Å²) in [6, 6.07) is 0. The van der Waals surface area contributed by atoms with E-state index in [1.165, 1.54) is 122 Å². The third-order valence-electron chi connectivity index (χ3n) is 4.71. The van der Waals surface area contributed by atoms with Crippen molar-refractivity contribution >= 4 is 37.4 Å². The van der Waals surface area contributed by atoms with Gasteiger partial charge < -0.3 is 14.7 Å². The summed E-state index contributed by atoms with van der Waals surface area (Å²) in [4.78, 5) is 21.6. The Bertz CT molecular complexity index is 272. The first-order chi connectivity index (χ1) is 12.4. The first-order valence-electron chi connectivity index (χ1n) is 11.2. The third-order valence-corrected chi connectivity index (χ3v) is 4.71. The van der Waals surface area contributed by atoms with Gasteiger partial charge in [-0.1, -0.05) is 136 Å². The maximum absolute atomic E-state index is 8.88. The SMILES string of the molecule is CCCCCCCCCCCCCCCCCCCCC.O=P(O)(O)O.[NaH]. The van der Waals surface area contributed by atoms with E-state index >= 15 is 0 Å². The Labute approximate surface area is 191 Å². The van der Waals surface area contributed by atoms with Gasteiger partial charge in [-0.3, -0.25) is 0 Å². The summed E-state index contributed by atoms with van der Waals surface area (Å²) >= 11 is 0. The van der Waals surface area contributed by atoms with Gasteiger partial charge in [0.05, 0.1) is 0 Å². The molecule has 0 rings (SSSR count). The maximum atomic E-state index is 8.88. The van der Waals surface area contributed by atoms with Crippen LogP contribution in [0, 0.1) is 0 Å². The number of hydrogen-bond donors (Lipinski definition) is 3. The third kappa shape index (κ3) is 46.8. The molecule has 0 fully saturated rings. The predicted octanol–water partition coefficient (Wildman–Crippen LogP) is 6.86. The molecule has 0 bridgehead atoms. The summed E-state index contributed by atoms with van der Waals surface area (Å²) in [5.41, 5.74) is 0. The van der Waals surface area contributed by atoms with Crippen molar-refractivity contribution < 1.29 is 19.2 Å². The Morgan fingerprint density at radius 2 is 0.556 bits per heavy atom. The molecule has 0 atom stereocenters. The van der Waals surface area contributed by atoms with E-state index in [9.17, 15) is 0 Å². The fourth-order valence-electron chi connectivity index (χ4n) is 3.15. The average molecular weight is 419 g/mol. The van der Waals surface area contributed by atoms with Crippen LogP contribution in [0.15, 0.2) is 0 Å². The molecule has 0 radical (unpaired) electrons. The molecule has 0 heterocycles. The van der Waals surface area contributed by atoms with E-state index in [1.54, 1.807) is 0 Å². The molecular formula is C21H48NaO4P. The molecule has 4 nitrogen and oxygen atoms in total. The van der Waals surface area contributed by atoms with Crippen molar-refractivity contribution in [2.45, 2.75) is 136 Å². The van der Waals surface area contributed by atoms with Crippen LogP contribution in [-0.2, 0) is 4.57 Å². The number of phosphoric acid groups is 1. The second-order valence-corrected chi connectivity index (χ2v) is 8.55. The van der Waals surface area contributed by atoms with Gasteiger partial charge in [-0.25, -0.2) is 4.57 Å². The van der Waals surface area contributed by atoms with Gasteiger partial charge in [-0.15, -0.1) is 0 Å². The molecule has 0 aliphatic carbocycles. The van der Waals surface area contributed by atoms with E-state index < -0.39 is 7.82 Å². The van der Waals surface area contributed by atoms with Crippen molar-refractivity contribution in [2.24, 2.45) is 0 Å². The zero-order valence-corrected chi connectivity index (χ0v) is 18.5. The molecule has 0 aromatic heterocycles. The molecule has 0 amide bonds. The summed E-state index contributed by atoms with van der Waals surface area (Å²) in [5, 5.41) is 0. The van der Waals surface area contributed by atoms with Crippen molar-refractivity contribution in [3.8, 4) is 0 Å². The van der Waals surface area contributed by atoms with Crippen LogP contribution in [-0.4, -0.2) is 44.2 Å². The summed E-state index contributed by atoms with van der Waals surface area (Å²) in [5.74, 6) is 0. The summed E-state index contributed by atoms with van der Waals surface area (Å²) in [6.45, 7) is 4.60. The Morgan fingerprint density at radius 1 is 0.444 bits per heavy atom. The number of unbranched alkanes of at least 4 members (excludes halogenated alkanes) is 18. The van der Waals surface area contributed by atoms with E-state index in [0.717, 1.165) is 0 Å². The fourth-order valence-corrected chi connectivity index (χ4v) is 3.15. The van der Waals surface area contributed by atoms with Gasteiger partial charge >= 0.3 is 37.4 Å². The fraction of sp³-hybridized carbons (Fsp3) is 1.00. The van der Waals surface area contributed by atoms with Crippen LogP contribution >= 0.6 is 7.82 Å². The molecule has 0 saturated carbocycles. The Kier molecular flexibility index (Phi) is 32.9. The van der Waals surface area contributed by atoms with Gasteiger partial charge in [0.15, 0.2) is 0 Å². The van der Waals surface area contributed by atoms with Gasteiger partial charge in [0.1, 0.15) is 0 Å². The molecule has 0 aromatic rings. The van der Waals surface area contributed by atoms with Gasteiger partial charge in [0.2, 0.25) is 0 Å². The first kappa shape index (κ1) is 32.8. The second kappa shape index (κ2) is 27.1. The molecular weight excluding hydrogens is 370 g/mol. The monoisotopic (exact) mass is 418 g/mol. The molecule has 27 heavy (non-hydrogen) atoms. The van der Waals surface area contributed by atoms with Crippen LogP contribution in [0.4, 0.5) is 0 Å². The quantitative estimate of drug-likeness (QED) is 0.129. The number of hydrogen-bond acceptors (Lipinski definition) is 1. The topological polar surface area (TPSA) is 77.8 Å². The minimum atomic E-state index is -4.64. The van der Waals surface area contributed by atoms with E-state index in [2.05, 4.69) is 13.8 Å². The van der Waals surface area contributed by atoms with E-state index in [1.807, 2.05) is 0 Å². The van der Waals surface area contributed by atoms with Crippen molar-refractivity contribution in [2.75, 3.05) is 0 Å². The van der Waals surface area contributed by atoms with Crippen LogP contribution in [0.5, 0.6) is 0 Å².